The van der Waals surface area contributed by atoms with E-state index in [9.17, 15) is 4.79 Å². The second-order valence-corrected chi connectivity index (χ2v) is 5.39. The first kappa shape index (κ1) is 13.5. The van der Waals surface area contributed by atoms with Gasteiger partial charge in [-0.1, -0.05) is 0 Å². The number of rotatable bonds is 3. The van der Waals surface area contributed by atoms with Crippen molar-refractivity contribution >= 4 is 5.97 Å². The molecule has 0 saturated carbocycles. The van der Waals surface area contributed by atoms with Crippen molar-refractivity contribution in [3.05, 3.63) is 0 Å². The quantitative estimate of drug-likeness (QED) is 0.801. The van der Waals surface area contributed by atoms with Crippen LogP contribution >= 0.6 is 0 Å². The van der Waals surface area contributed by atoms with Gasteiger partial charge in [0.25, 0.3) is 0 Å². The van der Waals surface area contributed by atoms with Crippen LogP contribution in [0.3, 0.4) is 0 Å². The molecule has 0 aliphatic carbocycles. The number of hydrogen-bond donors (Lipinski definition) is 1. The first-order valence-corrected chi connectivity index (χ1v) is 5.97. The van der Waals surface area contributed by atoms with Crippen LogP contribution in [0.25, 0.3) is 0 Å². The summed E-state index contributed by atoms with van der Waals surface area (Å²) < 4.78 is 5.42. The highest BCUT2D eigenvalue weighted by Crippen LogP contribution is 2.23. The molecule has 1 saturated heterocycles. The van der Waals surface area contributed by atoms with Crippen LogP contribution < -0.4 is 0 Å². The number of carboxylic acid groups (broad SMARTS) is 1. The molecule has 0 spiro atoms. The molecule has 4 nitrogen and oxygen atoms in total. The van der Waals surface area contributed by atoms with Crippen LogP contribution in [0, 0.1) is 0 Å². The summed E-state index contributed by atoms with van der Waals surface area (Å²) in [4.78, 5) is 13.0. The Kier molecular flexibility index (Phi) is 4.74. The van der Waals surface area contributed by atoms with Crippen LogP contribution in [-0.4, -0.2) is 47.3 Å². The minimum atomic E-state index is -0.750. The van der Waals surface area contributed by atoms with Crippen molar-refractivity contribution in [2.45, 2.75) is 51.6 Å². The largest absolute Gasteiger partial charge is 0.480 e. The maximum Gasteiger partial charge on any atom is 0.317 e. The molecule has 16 heavy (non-hydrogen) atoms. The van der Waals surface area contributed by atoms with Gasteiger partial charge >= 0.3 is 5.97 Å². The zero-order valence-electron chi connectivity index (χ0n) is 10.5. The molecule has 4 heteroatoms. The summed E-state index contributed by atoms with van der Waals surface area (Å²) in [5.74, 6) is -0.750. The number of hydrogen-bond acceptors (Lipinski definition) is 3. The van der Waals surface area contributed by atoms with Crippen molar-refractivity contribution in [1.82, 2.24) is 4.90 Å². The van der Waals surface area contributed by atoms with E-state index in [0.717, 1.165) is 32.5 Å². The normalized spacial score (nSPS) is 23.1. The van der Waals surface area contributed by atoms with Crippen LogP contribution in [0.2, 0.25) is 0 Å². The molecule has 0 aromatic rings. The molecule has 1 atom stereocenters. The van der Waals surface area contributed by atoms with Crippen LogP contribution in [0.5, 0.6) is 0 Å². The summed E-state index contributed by atoms with van der Waals surface area (Å²) in [7, 11) is 0. The van der Waals surface area contributed by atoms with Crippen LogP contribution in [0.1, 0.15) is 40.0 Å². The van der Waals surface area contributed by atoms with Crippen LogP contribution in [0.4, 0.5) is 0 Å². The molecule has 1 rings (SSSR count). The van der Waals surface area contributed by atoms with Gasteiger partial charge in [0.15, 0.2) is 0 Å². The van der Waals surface area contributed by atoms with Gasteiger partial charge in [0.05, 0.1) is 6.54 Å². The Morgan fingerprint density at radius 1 is 1.38 bits per heavy atom. The lowest BCUT2D eigenvalue weighted by molar-refractivity contribution is -0.140. The molecule has 1 fully saturated rings. The van der Waals surface area contributed by atoms with Gasteiger partial charge in [-0.25, -0.2) is 0 Å². The molecule has 0 aromatic heterocycles. The van der Waals surface area contributed by atoms with Gasteiger partial charge < -0.3 is 9.84 Å². The van der Waals surface area contributed by atoms with Crippen molar-refractivity contribution in [2.75, 3.05) is 19.8 Å². The monoisotopic (exact) mass is 229 g/mol. The zero-order valence-corrected chi connectivity index (χ0v) is 10.5. The lowest BCUT2D eigenvalue weighted by atomic mass is 9.98. The number of carbonyl (C=O) groups is 1. The first-order valence-electron chi connectivity index (χ1n) is 5.97. The molecule has 1 heterocycles. The van der Waals surface area contributed by atoms with E-state index >= 15 is 0 Å². The standard InChI is InChI=1S/C12H23NO3/c1-12(2,3)13(9-11(14)15)10-5-4-7-16-8-6-10/h10H,4-9H2,1-3H3,(H,14,15). The van der Waals surface area contributed by atoms with E-state index in [1.54, 1.807) is 0 Å². The van der Waals surface area contributed by atoms with Gasteiger partial charge in [0, 0.05) is 24.8 Å². The van der Waals surface area contributed by atoms with Crippen molar-refractivity contribution in [2.24, 2.45) is 0 Å². The molecule has 0 aromatic carbocycles. The molecule has 1 N–H and O–H groups in total. The zero-order chi connectivity index (χ0) is 12.2. The topological polar surface area (TPSA) is 49.8 Å². The van der Waals surface area contributed by atoms with E-state index < -0.39 is 5.97 Å². The third kappa shape index (κ3) is 4.10. The molecule has 0 amide bonds. The molecule has 1 aliphatic heterocycles. The number of ether oxygens (including phenoxy) is 1. The number of nitrogens with zero attached hydrogens (tertiary/aromatic N) is 1. The van der Waals surface area contributed by atoms with E-state index in [4.69, 9.17) is 9.84 Å². The Morgan fingerprint density at radius 3 is 2.62 bits per heavy atom. The lowest BCUT2D eigenvalue weighted by Gasteiger charge is -2.40. The van der Waals surface area contributed by atoms with Crippen LogP contribution in [0.15, 0.2) is 0 Å². The lowest BCUT2D eigenvalue weighted by Crippen LogP contribution is -2.50. The third-order valence-corrected chi connectivity index (χ3v) is 3.03. The van der Waals surface area contributed by atoms with Crippen molar-refractivity contribution in [3.8, 4) is 0 Å². The fraction of sp³-hybridized carbons (Fsp3) is 0.917. The van der Waals surface area contributed by atoms with Gasteiger partial charge in [0.2, 0.25) is 0 Å². The fourth-order valence-electron chi connectivity index (χ4n) is 2.26. The summed E-state index contributed by atoms with van der Waals surface area (Å²) in [5, 5.41) is 8.98. The molecule has 1 aliphatic rings. The Labute approximate surface area is 97.6 Å². The summed E-state index contributed by atoms with van der Waals surface area (Å²) in [6.45, 7) is 7.89. The summed E-state index contributed by atoms with van der Waals surface area (Å²) in [6.07, 6.45) is 2.99. The van der Waals surface area contributed by atoms with Gasteiger partial charge in [-0.05, 0) is 40.0 Å². The molecule has 94 valence electrons. The van der Waals surface area contributed by atoms with Crippen molar-refractivity contribution in [3.63, 3.8) is 0 Å². The van der Waals surface area contributed by atoms with E-state index in [0.29, 0.717) is 6.04 Å². The van der Waals surface area contributed by atoms with Crippen LogP contribution in [-0.2, 0) is 9.53 Å². The van der Waals surface area contributed by atoms with Gasteiger partial charge in [-0.15, -0.1) is 0 Å². The SMILES string of the molecule is CC(C)(C)N(CC(=O)O)C1CCCOCC1. The minimum Gasteiger partial charge on any atom is -0.480 e. The Hall–Kier alpha value is -0.610. The Bertz CT molecular complexity index is 227. The number of aliphatic carboxylic acids is 1. The Balaban J connectivity index is 2.69. The molecule has 0 bridgehead atoms. The average Bonchev–Trinajstić information content (AvgIpc) is 2.40. The minimum absolute atomic E-state index is 0.104. The highest BCUT2D eigenvalue weighted by atomic mass is 16.5. The highest BCUT2D eigenvalue weighted by molar-refractivity contribution is 5.69. The van der Waals surface area contributed by atoms with Gasteiger partial charge in [-0.3, -0.25) is 9.69 Å². The molecular formula is C12H23NO3. The molecular weight excluding hydrogens is 206 g/mol. The maximum absolute atomic E-state index is 10.9. The van der Waals surface area contributed by atoms with E-state index in [2.05, 4.69) is 25.7 Å². The van der Waals surface area contributed by atoms with Crippen molar-refractivity contribution in [1.29, 1.82) is 0 Å². The Morgan fingerprint density at radius 2 is 2.06 bits per heavy atom. The predicted octanol–water partition coefficient (Wildman–Crippen LogP) is 1.74. The second kappa shape index (κ2) is 5.64. The fourth-order valence-corrected chi connectivity index (χ4v) is 2.26. The second-order valence-electron chi connectivity index (χ2n) is 5.39. The van der Waals surface area contributed by atoms with E-state index in [-0.39, 0.29) is 12.1 Å². The molecule has 1 unspecified atom stereocenters. The van der Waals surface area contributed by atoms with E-state index in [1.165, 1.54) is 0 Å². The average molecular weight is 229 g/mol. The summed E-state index contributed by atoms with van der Waals surface area (Å²) in [5.41, 5.74) is -0.104. The van der Waals surface area contributed by atoms with E-state index in [1.807, 2.05) is 0 Å². The highest BCUT2D eigenvalue weighted by Gasteiger charge is 2.30. The smallest absolute Gasteiger partial charge is 0.317 e. The van der Waals surface area contributed by atoms with Gasteiger partial charge in [0.1, 0.15) is 0 Å². The van der Waals surface area contributed by atoms with Crippen molar-refractivity contribution < 1.29 is 14.6 Å². The maximum atomic E-state index is 10.9. The third-order valence-electron chi connectivity index (χ3n) is 3.03. The number of carboxylic acids is 1. The summed E-state index contributed by atoms with van der Waals surface area (Å²) in [6, 6.07) is 0.332. The molecule has 0 radical (unpaired) electrons. The first-order chi connectivity index (χ1) is 7.41. The predicted molar refractivity (Wildman–Crippen MR) is 62.6 cm³/mol. The van der Waals surface area contributed by atoms with Gasteiger partial charge in [-0.2, -0.15) is 0 Å². The summed E-state index contributed by atoms with van der Waals surface area (Å²) >= 11 is 0.